The van der Waals surface area contributed by atoms with Crippen molar-refractivity contribution in [1.29, 1.82) is 0 Å². The summed E-state index contributed by atoms with van der Waals surface area (Å²) in [6.07, 6.45) is -1.05. The molecule has 2 rings (SSSR count). The van der Waals surface area contributed by atoms with Crippen LogP contribution < -0.4 is 9.47 Å². The second-order valence-corrected chi connectivity index (χ2v) is 3.96. The fourth-order valence-corrected chi connectivity index (χ4v) is 1.79. The first kappa shape index (κ1) is 13.2. The van der Waals surface area contributed by atoms with E-state index in [1.807, 2.05) is 0 Å². The Morgan fingerprint density at radius 3 is 2.21 bits per heavy atom. The average Bonchev–Trinajstić information content (AvgIpc) is 2.87. The number of para-hydroxylation sites is 2. The molecule has 1 aromatic rings. The molecular weight excluding hydrogens is 252 g/mol. The molecule has 6 nitrogen and oxygen atoms in total. The van der Waals surface area contributed by atoms with Gasteiger partial charge in [-0.25, -0.2) is 0 Å². The zero-order valence-electron chi connectivity index (χ0n) is 10.6. The van der Waals surface area contributed by atoms with E-state index < -0.39 is 24.1 Å². The molecule has 6 heteroatoms. The molecule has 0 fully saturated rings. The monoisotopic (exact) mass is 266 g/mol. The van der Waals surface area contributed by atoms with Gasteiger partial charge < -0.3 is 18.9 Å². The van der Waals surface area contributed by atoms with Crippen LogP contribution in [-0.2, 0) is 19.1 Å². The second kappa shape index (κ2) is 5.60. The molecule has 0 N–H and O–H groups in total. The van der Waals surface area contributed by atoms with Crippen LogP contribution >= 0.6 is 0 Å². The summed E-state index contributed by atoms with van der Waals surface area (Å²) in [7, 11) is 2.50. The van der Waals surface area contributed by atoms with Crippen molar-refractivity contribution in [2.75, 3.05) is 14.2 Å². The molecule has 0 aromatic heterocycles. The van der Waals surface area contributed by atoms with Crippen LogP contribution in [0.3, 0.4) is 0 Å². The van der Waals surface area contributed by atoms with Gasteiger partial charge in [-0.3, -0.25) is 9.59 Å². The zero-order valence-corrected chi connectivity index (χ0v) is 10.6. The van der Waals surface area contributed by atoms with Gasteiger partial charge in [-0.1, -0.05) is 12.1 Å². The van der Waals surface area contributed by atoms with E-state index >= 15 is 0 Å². The van der Waals surface area contributed by atoms with Gasteiger partial charge in [0.05, 0.1) is 20.6 Å². The van der Waals surface area contributed by atoms with E-state index in [1.165, 1.54) is 14.2 Å². The Bertz CT molecular complexity index is 459. The molecule has 1 unspecified atom stereocenters. The number of methoxy groups -OCH3 is 2. The summed E-state index contributed by atoms with van der Waals surface area (Å²) in [6.45, 7) is 0. The van der Waals surface area contributed by atoms with E-state index in [1.54, 1.807) is 24.3 Å². The first-order valence-electron chi connectivity index (χ1n) is 5.72. The third kappa shape index (κ3) is 2.78. The summed E-state index contributed by atoms with van der Waals surface area (Å²) in [5, 5.41) is 0. The van der Waals surface area contributed by atoms with Gasteiger partial charge in [0.15, 0.2) is 11.5 Å². The molecule has 1 atom stereocenters. The van der Waals surface area contributed by atoms with Crippen molar-refractivity contribution < 1.29 is 28.5 Å². The van der Waals surface area contributed by atoms with Crippen LogP contribution in [-0.4, -0.2) is 32.4 Å². The minimum absolute atomic E-state index is 0.165. The summed E-state index contributed by atoms with van der Waals surface area (Å²) < 4.78 is 20.2. The predicted octanol–water partition coefficient (Wildman–Crippen LogP) is 1.14. The Balaban J connectivity index is 2.13. The molecule has 1 aliphatic heterocycles. The first-order chi connectivity index (χ1) is 9.15. The van der Waals surface area contributed by atoms with Gasteiger partial charge in [-0.2, -0.15) is 0 Å². The van der Waals surface area contributed by atoms with Crippen LogP contribution in [0, 0.1) is 5.92 Å². The SMILES string of the molecule is COC(=O)CC(C(=O)OC)C1Oc2ccccc2O1. The van der Waals surface area contributed by atoms with Gasteiger partial charge in [0.25, 0.3) is 6.29 Å². The second-order valence-electron chi connectivity index (χ2n) is 3.96. The highest BCUT2D eigenvalue weighted by Gasteiger charge is 2.39. The fourth-order valence-electron chi connectivity index (χ4n) is 1.79. The summed E-state index contributed by atoms with van der Waals surface area (Å²) in [6, 6.07) is 7.03. The maximum atomic E-state index is 11.7. The molecule has 1 aliphatic rings. The Morgan fingerprint density at radius 1 is 1.16 bits per heavy atom. The Kier molecular flexibility index (Phi) is 3.89. The number of carbonyl (C=O) groups excluding carboxylic acids is 2. The number of ether oxygens (including phenoxy) is 4. The van der Waals surface area contributed by atoms with Crippen molar-refractivity contribution >= 4 is 11.9 Å². The van der Waals surface area contributed by atoms with Crippen molar-refractivity contribution in [1.82, 2.24) is 0 Å². The molecular formula is C13H14O6. The fraction of sp³-hybridized carbons (Fsp3) is 0.385. The van der Waals surface area contributed by atoms with E-state index in [0.717, 1.165) is 0 Å². The molecule has 0 amide bonds. The van der Waals surface area contributed by atoms with Crippen LogP contribution in [0.5, 0.6) is 11.5 Å². The minimum Gasteiger partial charge on any atom is -0.469 e. The Morgan fingerprint density at radius 2 is 1.74 bits per heavy atom. The van der Waals surface area contributed by atoms with Crippen molar-refractivity contribution in [2.45, 2.75) is 12.7 Å². The molecule has 0 spiro atoms. The van der Waals surface area contributed by atoms with Crippen molar-refractivity contribution in [2.24, 2.45) is 5.92 Å². The molecule has 1 heterocycles. The number of esters is 2. The van der Waals surface area contributed by atoms with Gasteiger partial charge in [-0.15, -0.1) is 0 Å². The van der Waals surface area contributed by atoms with Crippen molar-refractivity contribution in [3.8, 4) is 11.5 Å². The lowest BCUT2D eigenvalue weighted by molar-refractivity contribution is -0.160. The molecule has 0 aliphatic carbocycles. The highest BCUT2D eigenvalue weighted by Crippen LogP contribution is 2.37. The summed E-state index contributed by atoms with van der Waals surface area (Å²) >= 11 is 0. The number of rotatable bonds is 4. The van der Waals surface area contributed by atoms with E-state index in [2.05, 4.69) is 9.47 Å². The molecule has 0 saturated carbocycles. The highest BCUT2D eigenvalue weighted by molar-refractivity contribution is 5.80. The van der Waals surface area contributed by atoms with Crippen molar-refractivity contribution in [3.05, 3.63) is 24.3 Å². The lowest BCUT2D eigenvalue weighted by Crippen LogP contribution is -2.37. The van der Waals surface area contributed by atoms with Crippen LogP contribution in [0.1, 0.15) is 6.42 Å². The van der Waals surface area contributed by atoms with E-state index in [4.69, 9.17) is 9.47 Å². The van der Waals surface area contributed by atoms with E-state index in [9.17, 15) is 9.59 Å². The lowest BCUT2D eigenvalue weighted by Gasteiger charge is -2.19. The number of hydrogen-bond donors (Lipinski definition) is 0. The molecule has 0 bridgehead atoms. The molecule has 19 heavy (non-hydrogen) atoms. The maximum absolute atomic E-state index is 11.7. The van der Waals surface area contributed by atoms with Crippen LogP contribution in [0.2, 0.25) is 0 Å². The molecule has 0 saturated heterocycles. The van der Waals surface area contributed by atoms with E-state index in [0.29, 0.717) is 11.5 Å². The zero-order chi connectivity index (χ0) is 13.8. The molecule has 1 aromatic carbocycles. The number of hydrogen-bond acceptors (Lipinski definition) is 6. The number of carbonyl (C=O) groups is 2. The van der Waals surface area contributed by atoms with Crippen LogP contribution in [0.25, 0.3) is 0 Å². The topological polar surface area (TPSA) is 71.1 Å². The number of fused-ring (bicyclic) bond motifs is 1. The summed E-state index contributed by atoms with van der Waals surface area (Å²) in [5.74, 6) is -0.913. The predicted molar refractivity (Wildman–Crippen MR) is 63.6 cm³/mol. The third-order valence-corrected chi connectivity index (χ3v) is 2.78. The standard InChI is InChI=1S/C13H14O6/c1-16-11(14)7-8(12(15)17-2)13-18-9-5-3-4-6-10(9)19-13/h3-6,8,13H,7H2,1-2H3. The van der Waals surface area contributed by atoms with Gasteiger partial charge >= 0.3 is 11.9 Å². The van der Waals surface area contributed by atoms with Crippen LogP contribution in [0.4, 0.5) is 0 Å². The molecule has 0 radical (unpaired) electrons. The lowest BCUT2D eigenvalue weighted by atomic mass is 10.1. The highest BCUT2D eigenvalue weighted by atomic mass is 16.7. The normalized spacial score (nSPS) is 14.8. The maximum Gasteiger partial charge on any atom is 0.316 e. The van der Waals surface area contributed by atoms with Gasteiger partial charge in [-0.05, 0) is 12.1 Å². The smallest absolute Gasteiger partial charge is 0.316 e. The Labute approximate surface area is 110 Å². The minimum atomic E-state index is -0.885. The van der Waals surface area contributed by atoms with Gasteiger partial charge in [0.1, 0.15) is 5.92 Å². The molecule has 102 valence electrons. The van der Waals surface area contributed by atoms with Gasteiger partial charge in [0, 0.05) is 0 Å². The summed E-state index contributed by atoms with van der Waals surface area (Å²) in [4.78, 5) is 23.0. The third-order valence-electron chi connectivity index (χ3n) is 2.78. The first-order valence-corrected chi connectivity index (χ1v) is 5.72. The number of benzene rings is 1. The van der Waals surface area contributed by atoms with Crippen LogP contribution in [0.15, 0.2) is 24.3 Å². The average molecular weight is 266 g/mol. The summed E-state index contributed by atoms with van der Waals surface area (Å²) in [5.41, 5.74) is 0. The largest absolute Gasteiger partial charge is 0.469 e. The van der Waals surface area contributed by atoms with E-state index in [-0.39, 0.29) is 6.42 Å². The van der Waals surface area contributed by atoms with Crippen molar-refractivity contribution in [3.63, 3.8) is 0 Å². The Hall–Kier alpha value is -2.24. The van der Waals surface area contributed by atoms with Gasteiger partial charge in [0.2, 0.25) is 0 Å². The quantitative estimate of drug-likeness (QED) is 0.761.